The van der Waals surface area contributed by atoms with Gasteiger partial charge in [0.15, 0.2) is 0 Å². The molecule has 0 saturated heterocycles. The summed E-state index contributed by atoms with van der Waals surface area (Å²) in [5.41, 5.74) is 3.87. The smallest absolute Gasteiger partial charge is 0.251 e. The molecule has 3 aromatic rings. The predicted octanol–water partition coefficient (Wildman–Crippen LogP) is 4.09. The van der Waals surface area contributed by atoms with E-state index in [2.05, 4.69) is 27.8 Å². The molecule has 23 heavy (non-hydrogen) atoms. The van der Waals surface area contributed by atoms with Gasteiger partial charge in [-0.3, -0.25) is 4.79 Å². The van der Waals surface area contributed by atoms with Crippen molar-refractivity contribution in [3.63, 3.8) is 0 Å². The van der Waals surface area contributed by atoms with Crippen LogP contribution in [0, 0.1) is 6.92 Å². The molecular weight excluding hydrogens is 304 g/mol. The van der Waals surface area contributed by atoms with E-state index in [1.54, 1.807) is 11.3 Å². The molecular formula is C19H18N2OS. The van der Waals surface area contributed by atoms with Crippen molar-refractivity contribution < 1.29 is 4.79 Å². The van der Waals surface area contributed by atoms with E-state index in [0.717, 1.165) is 33.8 Å². The van der Waals surface area contributed by atoms with Gasteiger partial charge in [-0.1, -0.05) is 48.5 Å². The van der Waals surface area contributed by atoms with Crippen molar-refractivity contribution in [3.8, 4) is 10.6 Å². The number of nitrogens with one attached hydrogen (secondary N) is 1. The van der Waals surface area contributed by atoms with Gasteiger partial charge in [0.2, 0.25) is 0 Å². The van der Waals surface area contributed by atoms with E-state index in [-0.39, 0.29) is 5.91 Å². The van der Waals surface area contributed by atoms with Crippen molar-refractivity contribution in [2.75, 3.05) is 6.54 Å². The second-order valence-corrected chi connectivity index (χ2v) is 6.19. The number of aryl methyl sites for hydroxylation is 1. The summed E-state index contributed by atoms with van der Waals surface area (Å²) < 4.78 is 0. The van der Waals surface area contributed by atoms with E-state index in [0.29, 0.717) is 6.54 Å². The zero-order valence-corrected chi connectivity index (χ0v) is 13.8. The molecule has 1 amide bonds. The summed E-state index contributed by atoms with van der Waals surface area (Å²) in [6.07, 6.45) is 0.737. The Bertz CT molecular complexity index is 796. The maximum Gasteiger partial charge on any atom is 0.251 e. The van der Waals surface area contributed by atoms with Gasteiger partial charge in [-0.25, -0.2) is 4.98 Å². The molecule has 0 radical (unpaired) electrons. The fourth-order valence-electron chi connectivity index (χ4n) is 2.36. The summed E-state index contributed by atoms with van der Waals surface area (Å²) in [4.78, 5) is 16.8. The molecule has 0 aliphatic heterocycles. The highest BCUT2D eigenvalue weighted by molar-refractivity contribution is 7.13. The first-order valence-corrected chi connectivity index (χ1v) is 8.45. The fraction of sp³-hybridized carbons (Fsp3) is 0.158. The van der Waals surface area contributed by atoms with Gasteiger partial charge >= 0.3 is 0 Å². The largest absolute Gasteiger partial charge is 0.352 e. The Balaban J connectivity index is 1.56. The van der Waals surface area contributed by atoms with Crippen LogP contribution < -0.4 is 5.32 Å². The third-order valence-electron chi connectivity index (χ3n) is 3.63. The Morgan fingerprint density at radius 1 is 1.09 bits per heavy atom. The van der Waals surface area contributed by atoms with Crippen LogP contribution in [0.3, 0.4) is 0 Å². The minimum Gasteiger partial charge on any atom is -0.352 e. The highest BCUT2D eigenvalue weighted by atomic mass is 32.1. The molecule has 0 aliphatic carbocycles. The molecule has 4 heteroatoms. The van der Waals surface area contributed by atoms with E-state index >= 15 is 0 Å². The van der Waals surface area contributed by atoms with E-state index in [1.807, 2.05) is 49.4 Å². The second-order valence-electron chi connectivity index (χ2n) is 5.33. The fourth-order valence-corrected chi connectivity index (χ4v) is 3.22. The van der Waals surface area contributed by atoms with Crippen LogP contribution in [0.4, 0.5) is 0 Å². The quantitative estimate of drug-likeness (QED) is 0.768. The number of hydrogen-bond acceptors (Lipinski definition) is 3. The number of amides is 1. The summed E-state index contributed by atoms with van der Waals surface area (Å²) in [6.45, 7) is 2.53. The minimum absolute atomic E-state index is 0.0263. The van der Waals surface area contributed by atoms with E-state index in [1.165, 1.54) is 0 Å². The van der Waals surface area contributed by atoms with Crippen LogP contribution >= 0.6 is 11.3 Å². The number of rotatable bonds is 5. The lowest BCUT2D eigenvalue weighted by Gasteiger charge is -2.06. The molecule has 0 atom stereocenters. The molecule has 0 fully saturated rings. The Hall–Kier alpha value is -2.46. The lowest BCUT2D eigenvalue weighted by atomic mass is 10.1. The minimum atomic E-state index is -0.0263. The van der Waals surface area contributed by atoms with Crippen molar-refractivity contribution in [1.82, 2.24) is 10.3 Å². The highest BCUT2D eigenvalue weighted by Gasteiger charge is 2.08. The van der Waals surface area contributed by atoms with Gasteiger partial charge in [0, 0.05) is 29.5 Å². The zero-order chi connectivity index (χ0) is 16.1. The molecule has 3 nitrogen and oxygen atoms in total. The SMILES string of the molecule is Cc1ccccc1C(=O)NCCc1csc(-c2ccccc2)n1. The molecule has 1 aromatic heterocycles. The summed E-state index contributed by atoms with van der Waals surface area (Å²) in [5.74, 6) is -0.0263. The molecule has 1 N–H and O–H groups in total. The third kappa shape index (κ3) is 3.85. The third-order valence-corrected chi connectivity index (χ3v) is 4.57. The van der Waals surface area contributed by atoms with Crippen LogP contribution in [0.1, 0.15) is 21.6 Å². The summed E-state index contributed by atoms with van der Waals surface area (Å²) in [7, 11) is 0. The van der Waals surface area contributed by atoms with Gasteiger partial charge in [-0.15, -0.1) is 11.3 Å². The molecule has 0 bridgehead atoms. The number of carbonyl (C=O) groups is 1. The van der Waals surface area contributed by atoms with Crippen molar-refractivity contribution in [3.05, 3.63) is 76.8 Å². The van der Waals surface area contributed by atoms with Crippen LogP contribution in [0.15, 0.2) is 60.0 Å². The van der Waals surface area contributed by atoms with Gasteiger partial charge in [0.05, 0.1) is 5.69 Å². The van der Waals surface area contributed by atoms with E-state index in [4.69, 9.17) is 0 Å². The second kappa shape index (κ2) is 7.20. The summed E-state index contributed by atoms with van der Waals surface area (Å²) in [5, 5.41) is 6.04. The highest BCUT2D eigenvalue weighted by Crippen LogP contribution is 2.23. The summed E-state index contributed by atoms with van der Waals surface area (Å²) in [6, 6.07) is 17.8. The van der Waals surface area contributed by atoms with Gasteiger partial charge in [-0.05, 0) is 18.6 Å². The first-order chi connectivity index (χ1) is 11.2. The van der Waals surface area contributed by atoms with Gasteiger partial charge in [-0.2, -0.15) is 0 Å². The number of nitrogens with zero attached hydrogens (tertiary/aromatic N) is 1. The molecule has 0 saturated carbocycles. The molecule has 0 unspecified atom stereocenters. The normalized spacial score (nSPS) is 10.5. The monoisotopic (exact) mass is 322 g/mol. The number of aromatic nitrogens is 1. The average molecular weight is 322 g/mol. The van der Waals surface area contributed by atoms with E-state index in [9.17, 15) is 4.79 Å². The van der Waals surface area contributed by atoms with Crippen LogP contribution in [-0.4, -0.2) is 17.4 Å². The lowest BCUT2D eigenvalue weighted by molar-refractivity contribution is 0.0953. The first kappa shape index (κ1) is 15.4. The Morgan fingerprint density at radius 3 is 2.61 bits per heavy atom. The van der Waals surface area contributed by atoms with Gasteiger partial charge < -0.3 is 5.32 Å². The van der Waals surface area contributed by atoms with Gasteiger partial charge in [0.1, 0.15) is 5.01 Å². The van der Waals surface area contributed by atoms with Gasteiger partial charge in [0.25, 0.3) is 5.91 Å². The van der Waals surface area contributed by atoms with Crippen LogP contribution in [0.25, 0.3) is 10.6 Å². The predicted molar refractivity (Wildman–Crippen MR) is 94.8 cm³/mol. The summed E-state index contributed by atoms with van der Waals surface area (Å²) >= 11 is 1.64. The Kier molecular flexibility index (Phi) is 4.83. The van der Waals surface area contributed by atoms with Crippen molar-refractivity contribution in [1.29, 1.82) is 0 Å². The number of hydrogen-bond donors (Lipinski definition) is 1. The first-order valence-electron chi connectivity index (χ1n) is 7.57. The molecule has 0 aliphatic rings. The van der Waals surface area contributed by atoms with Crippen molar-refractivity contribution in [2.45, 2.75) is 13.3 Å². The van der Waals surface area contributed by atoms with Crippen molar-refractivity contribution >= 4 is 17.2 Å². The topological polar surface area (TPSA) is 42.0 Å². The maximum absolute atomic E-state index is 12.2. The van der Waals surface area contributed by atoms with E-state index < -0.39 is 0 Å². The molecule has 3 rings (SSSR count). The molecule has 1 heterocycles. The molecule has 0 spiro atoms. The van der Waals surface area contributed by atoms with Crippen molar-refractivity contribution in [2.24, 2.45) is 0 Å². The van der Waals surface area contributed by atoms with Crippen LogP contribution in [0.5, 0.6) is 0 Å². The van der Waals surface area contributed by atoms with Crippen LogP contribution in [0.2, 0.25) is 0 Å². The zero-order valence-electron chi connectivity index (χ0n) is 13.0. The average Bonchev–Trinajstić information content (AvgIpc) is 3.05. The number of benzene rings is 2. The number of carbonyl (C=O) groups excluding carboxylic acids is 1. The van der Waals surface area contributed by atoms with Crippen LogP contribution in [-0.2, 0) is 6.42 Å². The molecule has 2 aromatic carbocycles. The Morgan fingerprint density at radius 2 is 1.83 bits per heavy atom. The molecule has 116 valence electrons. The Labute approximate surface area is 140 Å². The standard InChI is InChI=1S/C19H18N2OS/c1-14-7-5-6-10-17(14)18(22)20-12-11-16-13-23-19(21-16)15-8-3-2-4-9-15/h2-10,13H,11-12H2,1H3,(H,20,22). The number of thiazole rings is 1. The lowest BCUT2D eigenvalue weighted by Crippen LogP contribution is -2.26. The maximum atomic E-state index is 12.2.